The molecule has 0 amide bonds. The van der Waals surface area contributed by atoms with E-state index in [9.17, 15) is 9.90 Å². The number of aromatic amines is 1. The molecule has 0 spiro atoms. The second kappa shape index (κ2) is 9.78. The molecule has 0 saturated carbocycles. The van der Waals surface area contributed by atoms with Crippen molar-refractivity contribution in [2.24, 2.45) is 0 Å². The molecule has 9 heteroatoms. The zero-order valence-corrected chi connectivity index (χ0v) is 17.9. The van der Waals surface area contributed by atoms with Crippen LogP contribution in [0, 0.1) is 0 Å². The number of nitrogens with one attached hydrogen (secondary N) is 2. The van der Waals surface area contributed by atoms with Gasteiger partial charge in [-0.15, -0.1) is 11.3 Å². The van der Waals surface area contributed by atoms with Gasteiger partial charge in [0.25, 0.3) is 5.56 Å². The first-order chi connectivity index (χ1) is 15.1. The summed E-state index contributed by atoms with van der Waals surface area (Å²) in [5.74, 6) is 0.433. The van der Waals surface area contributed by atoms with Crippen molar-refractivity contribution in [3.05, 3.63) is 69.7 Å². The Morgan fingerprint density at radius 2 is 2.03 bits per heavy atom. The predicted octanol–water partition coefficient (Wildman–Crippen LogP) is 3.34. The van der Waals surface area contributed by atoms with E-state index in [-0.39, 0.29) is 12.2 Å². The number of ether oxygens (including phenoxy) is 1. The van der Waals surface area contributed by atoms with E-state index in [0.717, 1.165) is 5.56 Å². The van der Waals surface area contributed by atoms with Crippen LogP contribution in [0.4, 0.5) is 5.13 Å². The number of fused-ring (bicyclic) bond motifs is 1. The lowest BCUT2D eigenvalue weighted by molar-refractivity contribution is 0.102. The normalized spacial score (nSPS) is 12.2. The number of thiazole rings is 1. The van der Waals surface area contributed by atoms with Crippen LogP contribution in [0.3, 0.4) is 0 Å². The Bertz CT molecular complexity index is 1210. The van der Waals surface area contributed by atoms with E-state index >= 15 is 0 Å². The molecule has 3 N–H and O–H groups in total. The van der Waals surface area contributed by atoms with Crippen LogP contribution >= 0.6 is 11.3 Å². The zero-order chi connectivity index (χ0) is 21.6. The van der Waals surface area contributed by atoms with Crippen molar-refractivity contribution in [3.63, 3.8) is 0 Å². The highest BCUT2D eigenvalue weighted by atomic mass is 32.1. The fraction of sp³-hybridized carbons (Fsp3) is 0.273. The first kappa shape index (κ1) is 21.1. The van der Waals surface area contributed by atoms with Gasteiger partial charge in [-0.2, -0.15) is 0 Å². The van der Waals surface area contributed by atoms with Crippen LogP contribution in [0.2, 0.25) is 0 Å². The van der Waals surface area contributed by atoms with E-state index < -0.39 is 6.10 Å². The second-order valence-corrected chi connectivity index (χ2v) is 7.89. The topological polar surface area (TPSA) is 113 Å². The Morgan fingerprint density at radius 3 is 2.84 bits per heavy atom. The summed E-state index contributed by atoms with van der Waals surface area (Å²) in [7, 11) is 0. The Morgan fingerprint density at radius 1 is 1.19 bits per heavy atom. The highest BCUT2D eigenvalue weighted by molar-refractivity contribution is 7.14. The molecule has 1 atom stereocenters. The van der Waals surface area contributed by atoms with Crippen molar-refractivity contribution >= 4 is 27.4 Å². The van der Waals surface area contributed by atoms with Crippen LogP contribution in [0.15, 0.2) is 52.8 Å². The van der Waals surface area contributed by atoms with Crippen LogP contribution in [-0.4, -0.2) is 37.7 Å². The zero-order valence-electron chi connectivity index (χ0n) is 17.0. The fourth-order valence-corrected chi connectivity index (χ4v) is 3.73. The average molecular weight is 438 g/mol. The van der Waals surface area contributed by atoms with Gasteiger partial charge in [-0.3, -0.25) is 9.78 Å². The molecular weight excluding hydrogens is 414 g/mol. The van der Waals surface area contributed by atoms with E-state index in [1.807, 2.05) is 42.6 Å². The Labute approximate surface area is 183 Å². The molecule has 0 aliphatic carbocycles. The minimum absolute atomic E-state index is 0.174. The third-order valence-corrected chi connectivity index (χ3v) is 5.53. The largest absolute Gasteiger partial charge is 0.391 e. The van der Waals surface area contributed by atoms with Crippen LogP contribution in [-0.2, 0) is 18.0 Å². The van der Waals surface area contributed by atoms with E-state index in [1.165, 1.54) is 11.3 Å². The number of aliphatic hydroxyl groups excluding tert-OH is 1. The van der Waals surface area contributed by atoms with Gasteiger partial charge in [-0.05, 0) is 18.1 Å². The predicted molar refractivity (Wildman–Crippen MR) is 121 cm³/mol. The van der Waals surface area contributed by atoms with E-state index in [4.69, 9.17) is 4.74 Å². The number of anilines is 1. The van der Waals surface area contributed by atoms with Crippen molar-refractivity contribution in [2.75, 3.05) is 11.9 Å². The molecular formula is C22H23N5O3S. The summed E-state index contributed by atoms with van der Waals surface area (Å²) in [5, 5.41) is 15.8. The summed E-state index contributed by atoms with van der Waals surface area (Å²) >= 11 is 1.41. The van der Waals surface area contributed by atoms with Gasteiger partial charge in [0.15, 0.2) is 5.13 Å². The maximum Gasteiger partial charge on any atom is 0.258 e. The highest BCUT2D eigenvalue weighted by Crippen LogP contribution is 2.27. The molecule has 3 aromatic heterocycles. The molecule has 4 aromatic rings. The Hall–Kier alpha value is -3.14. The number of benzene rings is 1. The lowest BCUT2D eigenvalue weighted by Crippen LogP contribution is -2.18. The van der Waals surface area contributed by atoms with Crippen molar-refractivity contribution in [3.8, 4) is 11.4 Å². The number of hydrogen-bond acceptors (Lipinski definition) is 8. The molecule has 0 aliphatic rings. The molecule has 1 aromatic carbocycles. The molecule has 3 heterocycles. The standard InChI is InChI=1S/C22H23N5O3S/c1-2-15(28)10-24-22-25-17(13-31-22)20-19-16(8-9-23-20)21(29)27-18(26-19)12-30-11-14-6-4-3-5-7-14/h3-9,13,15,28H,2,10-12H2,1H3,(H,24,25)(H,26,27,29). The molecule has 0 radical (unpaired) electrons. The number of aliphatic hydroxyl groups is 1. The minimum Gasteiger partial charge on any atom is -0.391 e. The lowest BCUT2D eigenvalue weighted by atomic mass is 10.2. The number of nitrogens with zero attached hydrogens (tertiary/aromatic N) is 3. The van der Waals surface area contributed by atoms with Gasteiger partial charge >= 0.3 is 0 Å². The number of H-pyrrole nitrogens is 1. The molecule has 160 valence electrons. The number of pyridine rings is 1. The SMILES string of the molecule is CCC(O)CNc1nc(-c2nccc3c(=O)[nH]c(COCc4ccccc4)nc23)cs1. The summed E-state index contributed by atoms with van der Waals surface area (Å²) in [6.45, 7) is 2.94. The molecule has 4 rings (SSSR count). The Balaban J connectivity index is 1.57. The quantitative estimate of drug-likeness (QED) is 0.368. The third-order valence-electron chi connectivity index (χ3n) is 4.73. The third kappa shape index (κ3) is 5.13. The first-order valence-electron chi connectivity index (χ1n) is 10.0. The molecule has 0 fully saturated rings. The fourth-order valence-electron chi connectivity index (χ4n) is 3.02. The highest BCUT2D eigenvalue weighted by Gasteiger charge is 2.14. The number of hydrogen-bond donors (Lipinski definition) is 3. The second-order valence-electron chi connectivity index (χ2n) is 7.03. The van der Waals surface area contributed by atoms with Crippen LogP contribution < -0.4 is 10.9 Å². The maximum atomic E-state index is 12.6. The average Bonchev–Trinajstić information content (AvgIpc) is 3.27. The summed E-state index contributed by atoms with van der Waals surface area (Å²) in [5.41, 5.74) is 2.44. The monoisotopic (exact) mass is 437 g/mol. The van der Waals surface area contributed by atoms with Gasteiger partial charge in [-0.25, -0.2) is 9.97 Å². The first-order valence-corrected chi connectivity index (χ1v) is 10.9. The van der Waals surface area contributed by atoms with E-state index in [1.54, 1.807) is 12.3 Å². The van der Waals surface area contributed by atoms with Gasteiger partial charge in [-0.1, -0.05) is 37.3 Å². The number of aromatic nitrogens is 4. The molecule has 1 unspecified atom stereocenters. The number of rotatable bonds is 9. The molecule has 8 nitrogen and oxygen atoms in total. The minimum atomic E-state index is -0.429. The van der Waals surface area contributed by atoms with E-state index in [0.29, 0.717) is 52.8 Å². The molecule has 0 saturated heterocycles. The van der Waals surface area contributed by atoms with Gasteiger partial charge < -0.3 is 20.1 Å². The van der Waals surface area contributed by atoms with Gasteiger partial charge in [0.2, 0.25) is 0 Å². The molecule has 0 aliphatic heterocycles. The summed E-state index contributed by atoms with van der Waals surface area (Å²) < 4.78 is 5.72. The summed E-state index contributed by atoms with van der Waals surface area (Å²) in [6.07, 6.45) is 1.81. The maximum absolute atomic E-state index is 12.6. The summed E-state index contributed by atoms with van der Waals surface area (Å²) in [4.78, 5) is 29.0. The Kier molecular flexibility index (Phi) is 6.66. The van der Waals surface area contributed by atoms with Crippen molar-refractivity contribution < 1.29 is 9.84 Å². The van der Waals surface area contributed by atoms with E-state index in [2.05, 4.69) is 25.3 Å². The van der Waals surface area contributed by atoms with Crippen molar-refractivity contribution in [1.29, 1.82) is 0 Å². The van der Waals surface area contributed by atoms with Crippen molar-refractivity contribution in [1.82, 2.24) is 19.9 Å². The smallest absolute Gasteiger partial charge is 0.258 e. The van der Waals surface area contributed by atoms with Crippen LogP contribution in [0.25, 0.3) is 22.3 Å². The van der Waals surface area contributed by atoms with Gasteiger partial charge in [0.1, 0.15) is 29.3 Å². The van der Waals surface area contributed by atoms with Crippen molar-refractivity contribution in [2.45, 2.75) is 32.7 Å². The van der Waals surface area contributed by atoms with Crippen LogP contribution in [0.5, 0.6) is 0 Å². The molecule has 31 heavy (non-hydrogen) atoms. The van der Waals surface area contributed by atoms with Gasteiger partial charge in [0, 0.05) is 18.1 Å². The van der Waals surface area contributed by atoms with Gasteiger partial charge in [0.05, 0.1) is 18.1 Å². The summed E-state index contributed by atoms with van der Waals surface area (Å²) in [6, 6.07) is 11.4. The lowest BCUT2D eigenvalue weighted by Gasteiger charge is -2.08. The molecule has 0 bridgehead atoms. The van der Waals surface area contributed by atoms with Crippen LogP contribution in [0.1, 0.15) is 24.7 Å².